The lowest BCUT2D eigenvalue weighted by atomic mass is 10.1. The Morgan fingerprint density at radius 2 is 2.03 bits per heavy atom. The number of aliphatic hydroxyl groups is 1. The van der Waals surface area contributed by atoms with Gasteiger partial charge in [-0.3, -0.25) is 4.79 Å². The summed E-state index contributed by atoms with van der Waals surface area (Å²) in [6.45, 7) is 0.396. The van der Waals surface area contributed by atoms with E-state index in [0.717, 1.165) is 0 Å². The average molecular weight is 397 g/mol. The summed E-state index contributed by atoms with van der Waals surface area (Å²) in [5.41, 5.74) is 2.12. The number of aromatic nitrogens is 2. The summed E-state index contributed by atoms with van der Waals surface area (Å²) in [4.78, 5) is 16.2. The van der Waals surface area contributed by atoms with Gasteiger partial charge in [-0.1, -0.05) is 5.16 Å². The maximum absolute atomic E-state index is 13.2. The summed E-state index contributed by atoms with van der Waals surface area (Å²) in [7, 11) is 0. The smallest absolute Gasteiger partial charge is 0.252 e. The number of hydrogen-bond acceptors (Lipinski definition) is 6. The maximum Gasteiger partial charge on any atom is 0.252 e. The molecule has 0 aliphatic heterocycles. The Balaban J connectivity index is 1.43. The fourth-order valence-electron chi connectivity index (χ4n) is 2.86. The third-order valence-corrected chi connectivity index (χ3v) is 4.74. The second kappa shape index (κ2) is 8.40. The van der Waals surface area contributed by atoms with Gasteiger partial charge in [-0.2, -0.15) is 0 Å². The summed E-state index contributed by atoms with van der Waals surface area (Å²) >= 11 is 0. The minimum atomic E-state index is -0.358. The molecule has 1 aliphatic carbocycles. The van der Waals surface area contributed by atoms with Gasteiger partial charge in [0.25, 0.3) is 5.91 Å². The van der Waals surface area contributed by atoms with Crippen LogP contribution in [0.15, 0.2) is 47.1 Å². The van der Waals surface area contributed by atoms with Crippen LogP contribution in [0.5, 0.6) is 5.88 Å². The van der Waals surface area contributed by atoms with E-state index < -0.39 is 0 Å². The van der Waals surface area contributed by atoms with Crippen molar-refractivity contribution in [3.05, 3.63) is 65.3 Å². The van der Waals surface area contributed by atoms with Crippen molar-refractivity contribution in [2.24, 2.45) is 5.92 Å². The van der Waals surface area contributed by atoms with Gasteiger partial charge >= 0.3 is 0 Å². The number of aliphatic hydroxyl groups excluding tert-OH is 1. The molecular formula is C21H20FN3O4. The molecule has 0 radical (unpaired) electrons. The van der Waals surface area contributed by atoms with E-state index in [4.69, 9.17) is 9.26 Å². The zero-order valence-corrected chi connectivity index (χ0v) is 15.6. The number of halogens is 1. The molecule has 1 fully saturated rings. The van der Waals surface area contributed by atoms with Gasteiger partial charge in [-0.05, 0) is 49.1 Å². The molecule has 1 amide bonds. The van der Waals surface area contributed by atoms with Gasteiger partial charge in [0.05, 0.1) is 11.1 Å². The lowest BCUT2D eigenvalue weighted by molar-refractivity contribution is 0.0951. The molecule has 2 aromatic heterocycles. The molecule has 0 atom stereocenters. The first-order valence-corrected chi connectivity index (χ1v) is 9.35. The normalized spacial score (nSPS) is 13.3. The summed E-state index contributed by atoms with van der Waals surface area (Å²) in [6.07, 6.45) is 3.80. The predicted octanol–water partition coefficient (Wildman–Crippen LogP) is 3.09. The summed E-state index contributed by atoms with van der Waals surface area (Å²) < 4.78 is 24.0. The van der Waals surface area contributed by atoms with Crippen LogP contribution in [-0.4, -0.2) is 27.7 Å². The predicted molar refractivity (Wildman–Crippen MR) is 101 cm³/mol. The molecular weight excluding hydrogens is 377 g/mol. The zero-order valence-electron chi connectivity index (χ0n) is 15.6. The van der Waals surface area contributed by atoms with E-state index in [1.54, 1.807) is 24.3 Å². The Hall–Kier alpha value is -3.26. The van der Waals surface area contributed by atoms with Gasteiger partial charge in [0.1, 0.15) is 24.7 Å². The number of nitrogens with zero attached hydrogens (tertiary/aromatic N) is 2. The molecule has 29 heavy (non-hydrogen) atoms. The van der Waals surface area contributed by atoms with Crippen LogP contribution in [0.3, 0.4) is 0 Å². The molecule has 4 rings (SSSR count). The largest absolute Gasteiger partial charge is 0.473 e. The van der Waals surface area contributed by atoms with Crippen LogP contribution in [0, 0.1) is 11.7 Å². The van der Waals surface area contributed by atoms with E-state index in [0.29, 0.717) is 40.7 Å². The SMILES string of the molecule is O=C(NCC1CC1)c1ccc(OCc2c(-c3ccc(F)cc3)noc2CO)nc1. The Labute approximate surface area is 166 Å². The number of ether oxygens (including phenoxy) is 1. The van der Waals surface area contributed by atoms with Crippen molar-refractivity contribution in [2.75, 3.05) is 6.54 Å². The Kier molecular flexibility index (Phi) is 5.53. The highest BCUT2D eigenvalue weighted by molar-refractivity contribution is 5.93. The van der Waals surface area contributed by atoms with E-state index in [2.05, 4.69) is 15.5 Å². The summed E-state index contributed by atoms with van der Waals surface area (Å²) in [5, 5.41) is 16.4. The molecule has 150 valence electrons. The first-order valence-electron chi connectivity index (χ1n) is 9.35. The molecule has 1 aliphatic rings. The standard InChI is InChI=1S/C21H20FN3O4/c22-16-6-3-14(4-7-16)20-17(18(11-26)29-25-20)12-28-19-8-5-15(10-23-19)21(27)24-9-13-1-2-13/h3-8,10,13,26H,1-2,9,11-12H2,(H,24,27). The number of carbonyl (C=O) groups excluding carboxylic acids is 1. The molecule has 0 unspecified atom stereocenters. The van der Waals surface area contributed by atoms with Crippen LogP contribution in [0.2, 0.25) is 0 Å². The minimum Gasteiger partial charge on any atom is -0.473 e. The van der Waals surface area contributed by atoms with Crippen molar-refractivity contribution < 1.29 is 23.6 Å². The third kappa shape index (κ3) is 4.60. The quantitative estimate of drug-likeness (QED) is 0.606. The lowest BCUT2D eigenvalue weighted by Gasteiger charge is -2.08. The molecule has 1 saturated carbocycles. The number of hydrogen-bond donors (Lipinski definition) is 2. The van der Waals surface area contributed by atoms with Crippen LogP contribution in [-0.2, 0) is 13.2 Å². The third-order valence-electron chi connectivity index (χ3n) is 4.74. The Bertz CT molecular complexity index is 982. The second-order valence-corrected chi connectivity index (χ2v) is 6.93. The molecule has 8 heteroatoms. The number of benzene rings is 1. The lowest BCUT2D eigenvalue weighted by Crippen LogP contribution is -2.25. The van der Waals surface area contributed by atoms with Crippen LogP contribution in [0.4, 0.5) is 4.39 Å². The molecule has 0 saturated heterocycles. The van der Waals surface area contributed by atoms with Gasteiger partial charge in [-0.25, -0.2) is 9.37 Å². The molecule has 0 spiro atoms. The number of amides is 1. The second-order valence-electron chi connectivity index (χ2n) is 6.93. The van der Waals surface area contributed by atoms with Crippen molar-refractivity contribution in [1.82, 2.24) is 15.5 Å². The van der Waals surface area contributed by atoms with Crippen LogP contribution >= 0.6 is 0 Å². The summed E-state index contributed by atoms with van der Waals surface area (Å²) in [6, 6.07) is 9.04. The highest BCUT2D eigenvalue weighted by Gasteiger charge is 2.22. The molecule has 3 aromatic rings. The monoisotopic (exact) mass is 397 g/mol. The van der Waals surface area contributed by atoms with Gasteiger partial charge < -0.3 is 19.7 Å². The topological polar surface area (TPSA) is 97.5 Å². The maximum atomic E-state index is 13.2. The summed E-state index contributed by atoms with van der Waals surface area (Å²) in [5.74, 6) is 0.674. The van der Waals surface area contributed by atoms with Crippen LogP contribution < -0.4 is 10.1 Å². The number of pyridine rings is 1. The minimum absolute atomic E-state index is 0.0479. The van der Waals surface area contributed by atoms with Crippen molar-refractivity contribution in [2.45, 2.75) is 26.1 Å². The van der Waals surface area contributed by atoms with Crippen molar-refractivity contribution in [1.29, 1.82) is 0 Å². The van der Waals surface area contributed by atoms with Crippen molar-refractivity contribution in [3.8, 4) is 17.1 Å². The van der Waals surface area contributed by atoms with E-state index in [1.165, 1.54) is 31.2 Å². The van der Waals surface area contributed by atoms with E-state index in [9.17, 15) is 14.3 Å². The van der Waals surface area contributed by atoms with Gasteiger partial charge in [-0.15, -0.1) is 0 Å². The van der Waals surface area contributed by atoms with Gasteiger partial charge in [0.15, 0.2) is 5.76 Å². The van der Waals surface area contributed by atoms with Crippen molar-refractivity contribution in [3.63, 3.8) is 0 Å². The van der Waals surface area contributed by atoms with E-state index in [-0.39, 0.29) is 30.7 Å². The first-order chi connectivity index (χ1) is 14.1. The fraction of sp³-hybridized carbons (Fsp3) is 0.286. The van der Waals surface area contributed by atoms with E-state index >= 15 is 0 Å². The highest BCUT2D eigenvalue weighted by atomic mass is 19.1. The van der Waals surface area contributed by atoms with Gasteiger partial charge in [0, 0.05) is 24.4 Å². The Morgan fingerprint density at radius 3 is 2.69 bits per heavy atom. The molecule has 0 bridgehead atoms. The Morgan fingerprint density at radius 1 is 1.24 bits per heavy atom. The van der Waals surface area contributed by atoms with E-state index in [1.807, 2.05) is 0 Å². The molecule has 7 nitrogen and oxygen atoms in total. The average Bonchev–Trinajstić information content (AvgIpc) is 3.49. The zero-order chi connectivity index (χ0) is 20.2. The molecule has 1 aromatic carbocycles. The fourth-order valence-corrected chi connectivity index (χ4v) is 2.86. The van der Waals surface area contributed by atoms with Crippen LogP contribution in [0.25, 0.3) is 11.3 Å². The van der Waals surface area contributed by atoms with Crippen molar-refractivity contribution >= 4 is 5.91 Å². The molecule has 2 N–H and O–H groups in total. The van der Waals surface area contributed by atoms with Gasteiger partial charge in [0.2, 0.25) is 5.88 Å². The highest BCUT2D eigenvalue weighted by Crippen LogP contribution is 2.28. The van der Waals surface area contributed by atoms with Crippen LogP contribution in [0.1, 0.15) is 34.5 Å². The number of carbonyl (C=O) groups is 1. The molecule has 2 heterocycles. The number of rotatable bonds is 8. The first kappa shape index (κ1) is 19.1. The number of nitrogens with one attached hydrogen (secondary N) is 1.